The van der Waals surface area contributed by atoms with Gasteiger partial charge in [0.15, 0.2) is 0 Å². The summed E-state index contributed by atoms with van der Waals surface area (Å²) in [5.41, 5.74) is 0.557. The Kier molecular flexibility index (Phi) is 5.30. The van der Waals surface area contributed by atoms with Crippen molar-refractivity contribution in [1.29, 1.82) is 0 Å². The first-order chi connectivity index (χ1) is 9.00. The highest BCUT2D eigenvalue weighted by molar-refractivity contribution is 4.87. The van der Waals surface area contributed by atoms with Gasteiger partial charge in [0.05, 0.1) is 0 Å². The molecule has 1 N–H and O–H groups in total. The van der Waals surface area contributed by atoms with E-state index in [1.165, 1.54) is 58.2 Å². The Hall–Kier alpha value is -0.0800. The van der Waals surface area contributed by atoms with Gasteiger partial charge in [0, 0.05) is 12.1 Å². The first-order valence-corrected chi connectivity index (χ1v) is 8.48. The Morgan fingerprint density at radius 1 is 1.21 bits per heavy atom. The Morgan fingerprint density at radius 2 is 1.89 bits per heavy atom. The fraction of sp³-hybridized carbons (Fsp3) is 1.00. The van der Waals surface area contributed by atoms with Crippen molar-refractivity contribution in [2.24, 2.45) is 11.3 Å². The van der Waals surface area contributed by atoms with Crippen LogP contribution >= 0.6 is 0 Å². The van der Waals surface area contributed by atoms with Crippen molar-refractivity contribution in [1.82, 2.24) is 10.2 Å². The van der Waals surface area contributed by atoms with E-state index in [1.807, 2.05) is 0 Å². The predicted molar refractivity (Wildman–Crippen MR) is 83.5 cm³/mol. The third kappa shape index (κ3) is 4.46. The lowest BCUT2D eigenvalue weighted by Gasteiger charge is -2.40. The summed E-state index contributed by atoms with van der Waals surface area (Å²) in [7, 11) is 0. The standard InChI is InChI=1S/C17H34N2/c1-5-19-11-8-15(9-12-19)14(2)18-16-7-6-10-17(3,4)13-16/h14-16,18H,5-13H2,1-4H3. The van der Waals surface area contributed by atoms with Crippen LogP contribution in [0.25, 0.3) is 0 Å². The van der Waals surface area contributed by atoms with Gasteiger partial charge < -0.3 is 10.2 Å². The largest absolute Gasteiger partial charge is 0.311 e. The molecule has 2 atom stereocenters. The maximum absolute atomic E-state index is 3.96. The zero-order valence-corrected chi connectivity index (χ0v) is 13.5. The van der Waals surface area contributed by atoms with Gasteiger partial charge in [-0.25, -0.2) is 0 Å². The van der Waals surface area contributed by atoms with E-state index in [0.29, 0.717) is 11.5 Å². The molecule has 112 valence electrons. The first kappa shape index (κ1) is 15.3. The molecule has 1 saturated carbocycles. The highest BCUT2D eigenvalue weighted by Gasteiger charge is 2.30. The molecule has 0 spiro atoms. The number of rotatable bonds is 4. The van der Waals surface area contributed by atoms with Crippen LogP contribution in [0.15, 0.2) is 0 Å². The monoisotopic (exact) mass is 266 g/mol. The predicted octanol–water partition coefficient (Wildman–Crippen LogP) is 3.67. The molecule has 2 nitrogen and oxygen atoms in total. The summed E-state index contributed by atoms with van der Waals surface area (Å²) >= 11 is 0. The normalized spacial score (nSPS) is 31.3. The molecular formula is C17H34N2. The van der Waals surface area contributed by atoms with Crippen molar-refractivity contribution in [2.75, 3.05) is 19.6 Å². The van der Waals surface area contributed by atoms with E-state index in [0.717, 1.165) is 12.0 Å². The number of hydrogen-bond donors (Lipinski definition) is 1. The highest BCUT2D eigenvalue weighted by Crippen LogP contribution is 2.35. The third-order valence-corrected chi connectivity index (χ3v) is 5.49. The molecule has 2 aliphatic rings. The van der Waals surface area contributed by atoms with Gasteiger partial charge >= 0.3 is 0 Å². The molecular weight excluding hydrogens is 232 g/mol. The molecule has 0 aromatic carbocycles. The number of piperidine rings is 1. The average Bonchev–Trinajstić information content (AvgIpc) is 2.37. The molecule has 0 bridgehead atoms. The van der Waals surface area contributed by atoms with E-state index < -0.39 is 0 Å². The first-order valence-electron chi connectivity index (χ1n) is 8.48. The van der Waals surface area contributed by atoms with Crippen LogP contribution in [-0.2, 0) is 0 Å². The molecule has 2 rings (SSSR count). The van der Waals surface area contributed by atoms with Gasteiger partial charge in [-0.15, -0.1) is 0 Å². The molecule has 1 heterocycles. The molecule has 1 saturated heterocycles. The van der Waals surface area contributed by atoms with E-state index in [4.69, 9.17) is 0 Å². The molecule has 0 aromatic rings. The van der Waals surface area contributed by atoms with Crippen LogP contribution < -0.4 is 5.32 Å². The van der Waals surface area contributed by atoms with Crippen molar-refractivity contribution in [3.8, 4) is 0 Å². The summed E-state index contributed by atoms with van der Waals surface area (Å²) in [5, 5.41) is 3.96. The quantitative estimate of drug-likeness (QED) is 0.835. The lowest BCUT2D eigenvalue weighted by atomic mass is 9.74. The van der Waals surface area contributed by atoms with Gasteiger partial charge in [-0.1, -0.05) is 27.2 Å². The van der Waals surface area contributed by atoms with Gasteiger partial charge in [-0.05, 0) is 70.0 Å². The van der Waals surface area contributed by atoms with E-state index >= 15 is 0 Å². The van der Waals surface area contributed by atoms with Crippen molar-refractivity contribution in [3.05, 3.63) is 0 Å². The van der Waals surface area contributed by atoms with Gasteiger partial charge in [-0.2, -0.15) is 0 Å². The second-order valence-corrected chi connectivity index (χ2v) is 7.68. The van der Waals surface area contributed by atoms with Crippen molar-refractivity contribution in [3.63, 3.8) is 0 Å². The minimum Gasteiger partial charge on any atom is -0.311 e. The Morgan fingerprint density at radius 3 is 2.47 bits per heavy atom. The second-order valence-electron chi connectivity index (χ2n) is 7.68. The molecule has 0 aromatic heterocycles. The Balaban J connectivity index is 1.76. The molecule has 0 amide bonds. The highest BCUT2D eigenvalue weighted by atomic mass is 15.1. The van der Waals surface area contributed by atoms with Crippen molar-refractivity contribution >= 4 is 0 Å². The van der Waals surface area contributed by atoms with Crippen LogP contribution in [0.4, 0.5) is 0 Å². The number of nitrogens with zero attached hydrogens (tertiary/aromatic N) is 1. The summed E-state index contributed by atoms with van der Waals surface area (Å²) in [5.74, 6) is 0.896. The van der Waals surface area contributed by atoms with E-state index in [2.05, 4.69) is 37.9 Å². The topological polar surface area (TPSA) is 15.3 Å². The van der Waals surface area contributed by atoms with Crippen LogP contribution in [0, 0.1) is 11.3 Å². The Labute approximate surface area is 120 Å². The zero-order valence-electron chi connectivity index (χ0n) is 13.5. The van der Waals surface area contributed by atoms with E-state index in [1.54, 1.807) is 0 Å². The van der Waals surface area contributed by atoms with Gasteiger partial charge in [-0.3, -0.25) is 0 Å². The van der Waals surface area contributed by atoms with Crippen LogP contribution in [0.3, 0.4) is 0 Å². The van der Waals surface area contributed by atoms with Crippen LogP contribution in [-0.4, -0.2) is 36.6 Å². The molecule has 1 aliphatic heterocycles. The number of likely N-dealkylation sites (tertiary alicyclic amines) is 1. The zero-order chi connectivity index (χ0) is 13.9. The van der Waals surface area contributed by atoms with Gasteiger partial charge in [0.2, 0.25) is 0 Å². The third-order valence-electron chi connectivity index (χ3n) is 5.49. The fourth-order valence-electron chi connectivity index (χ4n) is 4.12. The van der Waals surface area contributed by atoms with Crippen molar-refractivity contribution < 1.29 is 0 Å². The summed E-state index contributed by atoms with van der Waals surface area (Å²) in [6.45, 7) is 13.4. The number of nitrogens with one attached hydrogen (secondary N) is 1. The molecule has 0 radical (unpaired) electrons. The maximum Gasteiger partial charge on any atom is 0.00747 e. The molecule has 1 aliphatic carbocycles. The maximum atomic E-state index is 3.96. The Bertz CT molecular complexity index is 266. The fourth-order valence-corrected chi connectivity index (χ4v) is 4.12. The van der Waals surface area contributed by atoms with Crippen molar-refractivity contribution in [2.45, 2.75) is 78.3 Å². The second kappa shape index (κ2) is 6.58. The van der Waals surface area contributed by atoms with Crippen LogP contribution in [0.5, 0.6) is 0 Å². The molecule has 2 heteroatoms. The van der Waals surface area contributed by atoms with Gasteiger partial charge in [0.25, 0.3) is 0 Å². The summed E-state index contributed by atoms with van der Waals surface area (Å²) < 4.78 is 0. The van der Waals surface area contributed by atoms with E-state index in [-0.39, 0.29) is 0 Å². The summed E-state index contributed by atoms with van der Waals surface area (Å²) in [6.07, 6.45) is 8.35. The van der Waals surface area contributed by atoms with Gasteiger partial charge in [0.1, 0.15) is 0 Å². The molecule has 2 unspecified atom stereocenters. The number of hydrogen-bond acceptors (Lipinski definition) is 2. The molecule has 19 heavy (non-hydrogen) atoms. The van der Waals surface area contributed by atoms with Crippen LogP contribution in [0.1, 0.15) is 66.2 Å². The summed E-state index contributed by atoms with van der Waals surface area (Å²) in [6, 6.07) is 1.47. The smallest absolute Gasteiger partial charge is 0.00747 e. The minimum absolute atomic E-state index is 0.557. The summed E-state index contributed by atoms with van der Waals surface area (Å²) in [4.78, 5) is 2.59. The van der Waals surface area contributed by atoms with E-state index in [9.17, 15) is 0 Å². The minimum atomic E-state index is 0.557. The van der Waals surface area contributed by atoms with Crippen LogP contribution in [0.2, 0.25) is 0 Å². The average molecular weight is 266 g/mol. The lowest BCUT2D eigenvalue weighted by molar-refractivity contribution is 0.142. The molecule has 2 fully saturated rings. The lowest BCUT2D eigenvalue weighted by Crippen LogP contribution is -2.47. The SMILES string of the molecule is CCN1CCC(C(C)NC2CCCC(C)(C)C2)CC1.